The Bertz CT molecular complexity index is 1910. The minimum absolute atomic E-state index is 0.0643. The normalized spacial score (nSPS) is 21.5. The van der Waals surface area contributed by atoms with Crippen molar-refractivity contribution in [3.05, 3.63) is 73.8 Å². The molecule has 5 rings (SSSR count). The van der Waals surface area contributed by atoms with Crippen LogP contribution in [0.4, 0.5) is 10.6 Å². The number of nitrogens with one attached hydrogen (secondary N) is 2. The van der Waals surface area contributed by atoms with Gasteiger partial charge in [-0.2, -0.15) is 0 Å². The van der Waals surface area contributed by atoms with E-state index in [0.29, 0.717) is 47.3 Å². The van der Waals surface area contributed by atoms with Crippen LogP contribution in [0.1, 0.15) is 111 Å². The van der Waals surface area contributed by atoms with Crippen molar-refractivity contribution < 1.29 is 33.4 Å². The highest BCUT2D eigenvalue weighted by Gasteiger charge is 2.56. The maximum atomic E-state index is 14.3. The average Bonchev–Trinajstić information content (AvgIpc) is 3.67. The Balaban J connectivity index is 1.46. The lowest BCUT2D eigenvalue weighted by atomic mass is 9.70. The summed E-state index contributed by atoms with van der Waals surface area (Å²) >= 11 is 7.78. The van der Waals surface area contributed by atoms with Gasteiger partial charge in [-0.05, 0) is 112 Å². The van der Waals surface area contributed by atoms with Crippen molar-refractivity contribution in [1.82, 2.24) is 15.3 Å². The van der Waals surface area contributed by atoms with Crippen molar-refractivity contribution in [2.75, 3.05) is 18.5 Å². The number of carboxylic acids is 1. The van der Waals surface area contributed by atoms with E-state index in [4.69, 9.17) is 25.5 Å². The van der Waals surface area contributed by atoms with Gasteiger partial charge in [0.05, 0.1) is 17.0 Å². The van der Waals surface area contributed by atoms with E-state index in [2.05, 4.69) is 54.5 Å². The van der Waals surface area contributed by atoms with Crippen molar-refractivity contribution in [3.8, 4) is 0 Å². The highest BCUT2D eigenvalue weighted by Crippen LogP contribution is 2.46. The monoisotopic (exact) mass is 812 g/mol. The molecule has 5 atom stereocenters. The zero-order valence-electron chi connectivity index (χ0n) is 34.0. The zero-order chi connectivity index (χ0) is 40.7. The van der Waals surface area contributed by atoms with Gasteiger partial charge < -0.3 is 29.6 Å². The highest BCUT2D eigenvalue weighted by atomic mass is 35.5. The number of halogens is 1. The fraction of sp³-hybridized carbons (Fsp3) is 0.585. The molecule has 55 heavy (non-hydrogen) atoms. The van der Waals surface area contributed by atoms with Gasteiger partial charge in [0.2, 0.25) is 5.78 Å². The van der Waals surface area contributed by atoms with Crippen LogP contribution in [0.15, 0.2) is 36.8 Å². The first kappa shape index (κ1) is 42.8. The Morgan fingerprint density at radius 2 is 1.80 bits per heavy atom. The number of carbonyl (C=O) groups is 3. The van der Waals surface area contributed by atoms with E-state index in [0.717, 1.165) is 22.4 Å². The van der Waals surface area contributed by atoms with E-state index in [1.165, 1.54) is 29.4 Å². The molecule has 300 valence electrons. The van der Waals surface area contributed by atoms with Gasteiger partial charge in [0, 0.05) is 34.7 Å². The number of aryl methyl sites for hydroxylation is 1. The van der Waals surface area contributed by atoms with Crippen molar-refractivity contribution in [2.45, 2.75) is 123 Å². The number of aromatic nitrogens is 2. The Morgan fingerprint density at radius 3 is 2.44 bits per heavy atom. The standard InChI is InChI=1S/C41H57ClN4O7SSi/c1-23(2)41(37(48)49,46-38(50)53-39(4,5)6)32-18-28(16-26(32)21-52-55(10,11)40(7,8)9)45-36-31(20-43-22-44-36)34(47)33-19-29(24(3)54-33)35-30-17-27(42)13-12-25(30)14-15-51-35/h12-13,17,19-20,22-23,26,28,32,35H,14-16,18,21H2,1-11H3,(H,46,50)(H,48,49)(H,43,44,45)/t26-,28-,32-,35-,41-/m0/s1. The van der Waals surface area contributed by atoms with Gasteiger partial charge in [-0.25, -0.2) is 19.6 Å². The van der Waals surface area contributed by atoms with Crippen LogP contribution in [0.25, 0.3) is 0 Å². The molecule has 1 fully saturated rings. The first-order chi connectivity index (χ1) is 25.5. The zero-order valence-corrected chi connectivity index (χ0v) is 36.5. The molecule has 3 aromatic rings. The topological polar surface area (TPSA) is 149 Å². The summed E-state index contributed by atoms with van der Waals surface area (Å²) in [4.78, 5) is 51.3. The third-order valence-corrected chi connectivity index (χ3v) is 17.3. The largest absolute Gasteiger partial charge is 0.479 e. The number of amides is 1. The second-order valence-electron chi connectivity index (χ2n) is 17.8. The van der Waals surface area contributed by atoms with Crippen LogP contribution in [0, 0.1) is 24.7 Å². The summed E-state index contributed by atoms with van der Waals surface area (Å²) in [7, 11) is -2.23. The number of carboxylic acid groups (broad SMARTS) is 1. The number of anilines is 1. The van der Waals surface area contributed by atoms with Crippen LogP contribution in [-0.4, -0.2) is 71.6 Å². The molecule has 3 heterocycles. The van der Waals surface area contributed by atoms with Gasteiger partial charge in [-0.1, -0.05) is 52.3 Å². The van der Waals surface area contributed by atoms with Gasteiger partial charge >= 0.3 is 12.1 Å². The molecule has 0 saturated heterocycles. The molecule has 0 radical (unpaired) electrons. The smallest absolute Gasteiger partial charge is 0.408 e. The fourth-order valence-corrected chi connectivity index (χ4v) is 9.84. The molecule has 11 nitrogen and oxygen atoms in total. The lowest BCUT2D eigenvalue weighted by Gasteiger charge is -2.43. The number of carbonyl (C=O) groups excluding carboxylic acids is 2. The van der Waals surface area contributed by atoms with Crippen molar-refractivity contribution in [2.24, 2.45) is 17.8 Å². The van der Waals surface area contributed by atoms with Crippen LogP contribution in [0.2, 0.25) is 23.2 Å². The molecule has 1 amide bonds. The maximum Gasteiger partial charge on any atom is 0.408 e. The predicted octanol–water partition coefficient (Wildman–Crippen LogP) is 9.23. The Hall–Kier alpha value is -3.36. The summed E-state index contributed by atoms with van der Waals surface area (Å²) < 4.78 is 18.6. The third kappa shape index (κ3) is 9.28. The summed E-state index contributed by atoms with van der Waals surface area (Å²) in [6.07, 6.45) is 3.47. The molecule has 1 aliphatic heterocycles. The van der Waals surface area contributed by atoms with E-state index < -0.39 is 43.4 Å². The molecule has 0 bridgehead atoms. The SMILES string of the molecule is Cc1sc(C(=O)c2cncnc2N[C@H]2C[C@@H](CO[Si](C)(C)C(C)(C)C)[C@@H]([C@](NC(=O)OC(C)(C)C)(C(=O)O)C(C)C)C2)cc1[C@@H]1OCCc2ccc(Cl)cc21. The van der Waals surface area contributed by atoms with Crippen LogP contribution in [-0.2, 0) is 25.1 Å². The second-order valence-corrected chi connectivity index (χ2v) is 24.3. The molecule has 1 aromatic carbocycles. The summed E-state index contributed by atoms with van der Waals surface area (Å²) in [5.41, 5.74) is 0.917. The lowest BCUT2D eigenvalue weighted by molar-refractivity contribution is -0.151. The van der Waals surface area contributed by atoms with E-state index in [1.807, 2.05) is 45.0 Å². The minimum Gasteiger partial charge on any atom is -0.479 e. The van der Waals surface area contributed by atoms with Gasteiger partial charge in [-0.3, -0.25) is 4.79 Å². The number of ether oxygens (including phenoxy) is 2. The number of nitrogens with zero attached hydrogens (tertiary/aromatic N) is 2. The molecule has 0 unspecified atom stereocenters. The number of fused-ring (bicyclic) bond motifs is 1. The first-order valence-electron chi connectivity index (χ1n) is 19.0. The number of hydrogen-bond donors (Lipinski definition) is 3. The van der Waals surface area contributed by atoms with Crippen LogP contribution < -0.4 is 10.6 Å². The predicted molar refractivity (Wildman–Crippen MR) is 219 cm³/mol. The minimum atomic E-state index is -2.23. The van der Waals surface area contributed by atoms with Crippen LogP contribution >= 0.6 is 22.9 Å². The maximum absolute atomic E-state index is 14.3. The first-order valence-corrected chi connectivity index (χ1v) is 23.1. The number of thiophene rings is 1. The van der Waals surface area contributed by atoms with E-state index in [9.17, 15) is 19.5 Å². The lowest BCUT2D eigenvalue weighted by Crippen LogP contribution is -2.64. The number of rotatable bonds is 12. The molecule has 1 saturated carbocycles. The number of alkyl carbamates (subject to hydrolysis) is 1. The number of benzene rings is 1. The van der Waals surface area contributed by atoms with Crippen molar-refractivity contribution in [1.29, 1.82) is 0 Å². The van der Waals surface area contributed by atoms with Crippen LogP contribution in [0.5, 0.6) is 0 Å². The quantitative estimate of drug-likeness (QED) is 0.119. The van der Waals surface area contributed by atoms with E-state index in [-0.39, 0.29) is 28.9 Å². The number of ketones is 1. The molecule has 0 spiro atoms. The number of hydrogen-bond acceptors (Lipinski definition) is 10. The molecule has 2 aliphatic rings. The van der Waals surface area contributed by atoms with E-state index >= 15 is 0 Å². The third-order valence-electron chi connectivity index (χ3n) is 11.5. The Labute approximate surface area is 335 Å². The van der Waals surface area contributed by atoms with E-state index in [1.54, 1.807) is 20.8 Å². The van der Waals surface area contributed by atoms with Gasteiger partial charge in [0.15, 0.2) is 8.32 Å². The molecule has 3 N–H and O–H groups in total. The van der Waals surface area contributed by atoms with Crippen molar-refractivity contribution >= 4 is 54.9 Å². The van der Waals surface area contributed by atoms with Gasteiger partial charge in [0.1, 0.15) is 29.4 Å². The molecular weight excluding hydrogens is 756 g/mol. The van der Waals surface area contributed by atoms with Crippen molar-refractivity contribution in [3.63, 3.8) is 0 Å². The summed E-state index contributed by atoms with van der Waals surface area (Å²) in [6, 6.07) is 7.46. The fourth-order valence-electron chi connectivity index (χ4n) is 7.59. The summed E-state index contributed by atoms with van der Waals surface area (Å²) in [5.74, 6) is -2.31. The molecule has 2 aromatic heterocycles. The Kier molecular flexibility index (Phi) is 12.6. The summed E-state index contributed by atoms with van der Waals surface area (Å²) in [5, 5.41) is 17.9. The molecular formula is C41H57ClN4O7SSi. The van der Waals surface area contributed by atoms with Gasteiger partial charge in [0.25, 0.3) is 0 Å². The van der Waals surface area contributed by atoms with Crippen LogP contribution in [0.3, 0.4) is 0 Å². The number of aliphatic carboxylic acids is 1. The summed E-state index contributed by atoms with van der Waals surface area (Å²) in [6.45, 7) is 22.6. The molecule has 1 aliphatic carbocycles. The Morgan fingerprint density at radius 1 is 1.09 bits per heavy atom. The average molecular weight is 814 g/mol. The van der Waals surface area contributed by atoms with Gasteiger partial charge in [-0.15, -0.1) is 11.3 Å². The molecule has 14 heteroatoms. The highest BCUT2D eigenvalue weighted by molar-refractivity contribution is 7.14. The second kappa shape index (κ2) is 16.2.